The predicted molar refractivity (Wildman–Crippen MR) is 83.3 cm³/mol. The Morgan fingerprint density at radius 3 is 2.22 bits per heavy atom. The maximum Gasteiger partial charge on any atom is 0.328 e. The first-order valence-corrected chi connectivity index (χ1v) is 7.80. The van der Waals surface area contributed by atoms with Gasteiger partial charge in [-0.15, -0.1) is 0 Å². The zero-order valence-electron chi connectivity index (χ0n) is 13.6. The highest BCUT2D eigenvalue weighted by Crippen LogP contribution is 2.35. The van der Waals surface area contributed by atoms with E-state index in [2.05, 4.69) is 0 Å². The molecule has 23 heavy (non-hydrogen) atoms. The van der Waals surface area contributed by atoms with Crippen LogP contribution in [0.3, 0.4) is 0 Å². The van der Waals surface area contributed by atoms with E-state index in [0.29, 0.717) is 11.3 Å². The van der Waals surface area contributed by atoms with Crippen LogP contribution in [0.4, 0.5) is 4.79 Å². The summed E-state index contributed by atoms with van der Waals surface area (Å²) in [6.45, 7) is 7.22. The van der Waals surface area contributed by atoms with Gasteiger partial charge in [-0.3, -0.25) is 14.5 Å². The monoisotopic (exact) mass is 316 g/mol. The minimum absolute atomic E-state index is 0.208. The molecule has 1 saturated heterocycles. The minimum atomic E-state index is -0.977. The summed E-state index contributed by atoms with van der Waals surface area (Å²) in [4.78, 5) is 40.7. The van der Waals surface area contributed by atoms with Crippen LogP contribution in [-0.2, 0) is 4.79 Å². The van der Waals surface area contributed by atoms with Crippen LogP contribution in [-0.4, -0.2) is 51.8 Å². The fraction of sp³-hybridized carbons (Fsp3) is 0.471. The molecule has 0 spiro atoms. The third-order valence-electron chi connectivity index (χ3n) is 4.24. The molecule has 3 amide bonds. The van der Waals surface area contributed by atoms with Crippen LogP contribution >= 0.6 is 0 Å². The molecule has 122 valence electrons. The van der Waals surface area contributed by atoms with E-state index in [1.165, 1.54) is 9.80 Å². The molecule has 0 aromatic heterocycles. The number of carbonyl (C=O) groups excluding carboxylic acids is 3. The average Bonchev–Trinajstić information content (AvgIpc) is 2.94. The Morgan fingerprint density at radius 1 is 1.00 bits per heavy atom. The van der Waals surface area contributed by atoms with Crippen LogP contribution < -0.4 is 4.74 Å². The number of hydrogen-bond acceptors (Lipinski definition) is 4. The van der Waals surface area contributed by atoms with Crippen molar-refractivity contribution in [3.8, 4) is 5.75 Å². The summed E-state index contributed by atoms with van der Waals surface area (Å²) in [6.07, 6.45) is -0.977. The molecule has 0 saturated carbocycles. The molecular weight excluding hydrogens is 296 g/mol. The smallest absolute Gasteiger partial charge is 0.328 e. The quantitative estimate of drug-likeness (QED) is 0.801. The summed E-state index contributed by atoms with van der Waals surface area (Å²) in [5.74, 6) is -0.151. The highest BCUT2D eigenvalue weighted by atomic mass is 16.5. The minimum Gasteiger partial charge on any atom is -0.479 e. The van der Waals surface area contributed by atoms with Gasteiger partial charge in [0.05, 0.1) is 5.56 Å². The number of ketones is 1. The van der Waals surface area contributed by atoms with E-state index in [1.807, 2.05) is 13.8 Å². The summed E-state index contributed by atoms with van der Waals surface area (Å²) >= 11 is 0. The van der Waals surface area contributed by atoms with Crippen LogP contribution in [0.5, 0.6) is 5.75 Å². The molecule has 0 radical (unpaired) electrons. The van der Waals surface area contributed by atoms with E-state index in [0.717, 1.165) is 0 Å². The molecule has 0 bridgehead atoms. The van der Waals surface area contributed by atoms with Crippen LogP contribution in [0.25, 0.3) is 0 Å². The fourth-order valence-electron chi connectivity index (χ4n) is 3.22. The summed E-state index contributed by atoms with van der Waals surface area (Å²) in [6, 6.07) is 5.16. The van der Waals surface area contributed by atoms with E-state index in [9.17, 15) is 14.4 Å². The molecule has 1 aromatic rings. The van der Waals surface area contributed by atoms with Crippen LogP contribution in [0.15, 0.2) is 24.3 Å². The number of carbonyl (C=O) groups is 3. The number of nitrogens with zero attached hydrogens (tertiary/aromatic N) is 2. The summed E-state index contributed by atoms with van der Waals surface area (Å²) in [7, 11) is 0. The molecule has 2 atom stereocenters. The highest BCUT2D eigenvalue weighted by Gasteiger charge is 2.55. The summed E-state index contributed by atoms with van der Waals surface area (Å²) in [5, 5.41) is 0. The normalized spacial score (nSPS) is 24.0. The zero-order chi connectivity index (χ0) is 16.9. The Hall–Kier alpha value is -2.37. The number of rotatable bonds is 3. The standard InChI is InChI=1S/C17H20N2O4/c1-9(2)18-13(16(21)19(10(3)4)17(18)22)15-14(20)11-7-5-6-8-12(11)23-15/h5-10,13,15H,1-4H3/t13-,15+/m0/s1. The van der Waals surface area contributed by atoms with Crippen molar-refractivity contribution >= 4 is 17.7 Å². The highest BCUT2D eigenvalue weighted by molar-refractivity contribution is 6.12. The lowest BCUT2D eigenvalue weighted by atomic mass is 10.0. The topological polar surface area (TPSA) is 66.9 Å². The van der Waals surface area contributed by atoms with E-state index < -0.39 is 12.1 Å². The van der Waals surface area contributed by atoms with Crippen LogP contribution in [0.1, 0.15) is 38.1 Å². The molecule has 0 unspecified atom stereocenters. The zero-order valence-corrected chi connectivity index (χ0v) is 13.6. The van der Waals surface area contributed by atoms with Crippen LogP contribution in [0, 0.1) is 0 Å². The van der Waals surface area contributed by atoms with Gasteiger partial charge in [0.25, 0.3) is 5.91 Å². The maximum atomic E-state index is 12.8. The number of benzene rings is 1. The molecular formula is C17H20N2O4. The van der Waals surface area contributed by atoms with Crippen molar-refractivity contribution in [3.05, 3.63) is 29.8 Å². The van der Waals surface area contributed by atoms with Gasteiger partial charge < -0.3 is 9.64 Å². The predicted octanol–water partition coefficient (Wildman–Crippen LogP) is 2.08. The Balaban J connectivity index is 2.00. The summed E-state index contributed by atoms with van der Waals surface area (Å²) in [5.41, 5.74) is 0.462. The van der Waals surface area contributed by atoms with Gasteiger partial charge >= 0.3 is 6.03 Å². The lowest BCUT2D eigenvalue weighted by Gasteiger charge is -2.28. The number of hydrogen-bond donors (Lipinski definition) is 0. The maximum absolute atomic E-state index is 12.8. The van der Waals surface area contributed by atoms with Crippen LogP contribution in [0.2, 0.25) is 0 Å². The largest absolute Gasteiger partial charge is 0.479 e. The van der Waals surface area contributed by atoms with E-state index in [-0.39, 0.29) is 29.8 Å². The second-order valence-corrected chi connectivity index (χ2v) is 6.43. The number of imide groups is 1. The van der Waals surface area contributed by atoms with Crippen molar-refractivity contribution in [2.24, 2.45) is 0 Å². The molecule has 1 aromatic carbocycles. The number of ether oxygens (including phenoxy) is 1. The first-order chi connectivity index (χ1) is 10.8. The Bertz CT molecular complexity index is 683. The van der Waals surface area contributed by atoms with Crippen molar-refractivity contribution in [2.45, 2.75) is 51.9 Å². The van der Waals surface area contributed by atoms with Gasteiger partial charge in [0.15, 0.2) is 12.1 Å². The van der Waals surface area contributed by atoms with Crippen molar-refractivity contribution in [1.82, 2.24) is 9.80 Å². The van der Waals surface area contributed by atoms with E-state index in [1.54, 1.807) is 38.1 Å². The van der Waals surface area contributed by atoms with E-state index in [4.69, 9.17) is 4.74 Å². The first-order valence-electron chi connectivity index (χ1n) is 7.80. The first kappa shape index (κ1) is 15.5. The lowest BCUT2D eigenvalue weighted by Crippen LogP contribution is -2.51. The van der Waals surface area contributed by atoms with Gasteiger partial charge in [-0.05, 0) is 39.8 Å². The number of para-hydroxylation sites is 1. The Morgan fingerprint density at radius 2 is 1.65 bits per heavy atom. The molecule has 0 aliphatic carbocycles. The SMILES string of the molecule is CC(C)N1C(=O)[C@H]([C@H]2Oc3ccccc3C2=O)N(C(C)C)C1=O. The average molecular weight is 316 g/mol. The Labute approximate surface area is 135 Å². The second kappa shape index (κ2) is 5.37. The van der Waals surface area contributed by atoms with Gasteiger partial charge in [0.2, 0.25) is 5.78 Å². The molecule has 6 heteroatoms. The van der Waals surface area contributed by atoms with Gasteiger partial charge in [-0.1, -0.05) is 12.1 Å². The number of urea groups is 1. The second-order valence-electron chi connectivity index (χ2n) is 6.43. The molecule has 1 fully saturated rings. The molecule has 2 aliphatic rings. The molecule has 3 rings (SSSR count). The summed E-state index contributed by atoms with van der Waals surface area (Å²) < 4.78 is 5.74. The fourth-order valence-corrected chi connectivity index (χ4v) is 3.22. The van der Waals surface area contributed by atoms with E-state index >= 15 is 0 Å². The molecule has 0 N–H and O–H groups in total. The number of fused-ring (bicyclic) bond motifs is 1. The third-order valence-corrected chi connectivity index (χ3v) is 4.24. The molecule has 6 nitrogen and oxygen atoms in total. The molecule has 2 aliphatic heterocycles. The number of amides is 3. The number of Topliss-reactive ketones (excluding diaryl/α,β-unsaturated/α-hetero) is 1. The molecule has 2 heterocycles. The Kier molecular flexibility index (Phi) is 3.62. The van der Waals surface area contributed by atoms with Crippen molar-refractivity contribution in [2.75, 3.05) is 0 Å². The van der Waals surface area contributed by atoms with Gasteiger partial charge in [-0.25, -0.2) is 4.79 Å². The van der Waals surface area contributed by atoms with Crippen molar-refractivity contribution in [3.63, 3.8) is 0 Å². The third kappa shape index (κ3) is 2.20. The van der Waals surface area contributed by atoms with Crippen molar-refractivity contribution < 1.29 is 19.1 Å². The van der Waals surface area contributed by atoms with Gasteiger partial charge in [0.1, 0.15) is 5.75 Å². The van der Waals surface area contributed by atoms with Gasteiger partial charge in [0, 0.05) is 12.1 Å². The van der Waals surface area contributed by atoms with Gasteiger partial charge in [-0.2, -0.15) is 0 Å². The lowest BCUT2D eigenvalue weighted by molar-refractivity contribution is -0.131. The van der Waals surface area contributed by atoms with Crippen molar-refractivity contribution in [1.29, 1.82) is 0 Å².